The standard InChI is InChI=1S/C8H6N2O2.C6H7N/c11-7-5-3-1-2-4-6(5)9-8(12)10-7;1-2-4-6-7-5-3-1/h1-4H,(H2,9,10,11,12);1-7H. The first-order valence-electron chi connectivity index (χ1n) is 5.73. The number of fused-ring (bicyclic) bond motifs is 1. The predicted octanol–water partition coefficient (Wildman–Crippen LogP) is 1.39. The van der Waals surface area contributed by atoms with Gasteiger partial charge >= 0.3 is 5.69 Å². The summed E-state index contributed by atoms with van der Waals surface area (Å²) < 4.78 is 0. The summed E-state index contributed by atoms with van der Waals surface area (Å²) >= 11 is 0. The number of para-hydroxylation sites is 1. The summed E-state index contributed by atoms with van der Waals surface area (Å²) in [6, 6.07) is 6.85. The Morgan fingerprint density at radius 3 is 2.21 bits per heavy atom. The van der Waals surface area contributed by atoms with Crippen molar-refractivity contribution in [2.45, 2.75) is 0 Å². The lowest BCUT2D eigenvalue weighted by atomic mass is 10.2. The van der Waals surface area contributed by atoms with Crippen molar-refractivity contribution in [3.63, 3.8) is 0 Å². The predicted molar refractivity (Wildman–Crippen MR) is 75.7 cm³/mol. The van der Waals surface area contributed by atoms with Gasteiger partial charge in [0, 0.05) is 12.4 Å². The minimum absolute atomic E-state index is 0.352. The van der Waals surface area contributed by atoms with E-state index < -0.39 is 5.69 Å². The van der Waals surface area contributed by atoms with Gasteiger partial charge in [-0.25, -0.2) is 4.79 Å². The lowest BCUT2D eigenvalue weighted by Crippen LogP contribution is -2.21. The zero-order chi connectivity index (χ0) is 13.5. The quantitative estimate of drug-likeness (QED) is 0.665. The van der Waals surface area contributed by atoms with Gasteiger partial charge in [-0.05, 0) is 24.3 Å². The molecule has 0 saturated carbocycles. The molecule has 0 saturated heterocycles. The van der Waals surface area contributed by atoms with Crippen molar-refractivity contribution in [3.05, 3.63) is 81.8 Å². The fourth-order valence-electron chi connectivity index (χ4n) is 1.52. The summed E-state index contributed by atoms with van der Waals surface area (Å²) in [6.07, 6.45) is 11.6. The normalized spacial score (nSPS) is 12.4. The van der Waals surface area contributed by atoms with E-state index in [-0.39, 0.29) is 5.56 Å². The van der Waals surface area contributed by atoms with Crippen molar-refractivity contribution in [3.8, 4) is 0 Å². The third kappa shape index (κ3) is 3.57. The first kappa shape index (κ1) is 12.6. The Hall–Kier alpha value is -2.82. The van der Waals surface area contributed by atoms with E-state index in [1.165, 1.54) is 0 Å². The Bertz CT molecular complexity index is 737. The van der Waals surface area contributed by atoms with E-state index in [0.717, 1.165) is 0 Å². The van der Waals surface area contributed by atoms with Crippen molar-refractivity contribution in [1.29, 1.82) is 0 Å². The number of H-pyrrole nitrogens is 2. The van der Waals surface area contributed by atoms with E-state index in [1.807, 2.05) is 36.7 Å². The van der Waals surface area contributed by atoms with E-state index in [4.69, 9.17) is 0 Å². The summed E-state index contributed by atoms with van der Waals surface area (Å²) in [4.78, 5) is 26.6. The Balaban J connectivity index is 0.000000163. The molecule has 1 aliphatic rings. The summed E-state index contributed by atoms with van der Waals surface area (Å²) in [5, 5.41) is 3.42. The van der Waals surface area contributed by atoms with E-state index >= 15 is 0 Å². The highest BCUT2D eigenvalue weighted by atomic mass is 16.2. The number of aromatic amines is 2. The van der Waals surface area contributed by atoms with E-state index in [2.05, 4.69) is 15.3 Å². The lowest BCUT2D eigenvalue weighted by Gasteiger charge is -1.92. The number of benzene rings is 1. The Morgan fingerprint density at radius 1 is 0.789 bits per heavy atom. The van der Waals surface area contributed by atoms with Crippen molar-refractivity contribution >= 4 is 10.9 Å². The van der Waals surface area contributed by atoms with Crippen molar-refractivity contribution in [2.75, 3.05) is 0 Å². The summed E-state index contributed by atoms with van der Waals surface area (Å²) in [5.41, 5.74) is -0.265. The van der Waals surface area contributed by atoms with Crippen LogP contribution in [0.15, 0.2) is 70.6 Å². The maximum absolute atomic E-state index is 11.1. The molecule has 0 atom stereocenters. The topological polar surface area (TPSA) is 77.8 Å². The van der Waals surface area contributed by atoms with Crippen LogP contribution in [0.4, 0.5) is 0 Å². The lowest BCUT2D eigenvalue weighted by molar-refractivity contribution is 1.08. The number of hydrogen-bond donors (Lipinski definition) is 3. The van der Waals surface area contributed by atoms with Crippen molar-refractivity contribution < 1.29 is 0 Å². The molecule has 1 aromatic heterocycles. The number of hydrogen-bond acceptors (Lipinski definition) is 3. The SMILES string of the molecule is C1=CC=CNC=C1.O=c1[nH]c(=O)c2ccccc2[nH]1. The molecule has 0 aliphatic carbocycles. The molecule has 0 radical (unpaired) electrons. The highest BCUT2D eigenvalue weighted by molar-refractivity contribution is 5.76. The number of allylic oxidation sites excluding steroid dienone is 4. The van der Waals surface area contributed by atoms with Gasteiger partial charge in [0.25, 0.3) is 5.56 Å². The van der Waals surface area contributed by atoms with Gasteiger partial charge in [0.2, 0.25) is 0 Å². The molecular weight excluding hydrogens is 242 g/mol. The number of nitrogens with one attached hydrogen (secondary N) is 3. The third-order valence-corrected chi connectivity index (χ3v) is 2.37. The average Bonchev–Trinajstić information content (AvgIpc) is 2.71. The van der Waals surface area contributed by atoms with Crippen LogP contribution in [0.25, 0.3) is 10.9 Å². The maximum Gasteiger partial charge on any atom is 0.326 e. The van der Waals surface area contributed by atoms with Crippen LogP contribution in [0.1, 0.15) is 0 Å². The largest absolute Gasteiger partial charge is 0.368 e. The zero-order valence-corrected chi connectivity index (χ0v) is 10.1. The van der Waals surface area contributed by atoms with Crippen LogP contribution >= 0.6 is 0 Å². The average molecular weight is 255 g/mol. The molecule has 5 nitrogen and oxygen atoms in total. The second-order valence-electron chi connectivity index (χ2n) is 3.72. The Kier molecular flexibility index (Phi) is 4.12. The highest BCUT2D eigenvalue weighted by Gasteiger charge is 1.96. The number of aromatic nitrogens is 2. The molecule has 2 aromatic rings. The first-order chi connectivity index (χ1) is 9.27. The van der Waals surface area contributed by atoms with Crippen LogP contribution in [-0.2, 0) is 0 Å². The molecule has 5 heteroatoms. The van der Waals surface area contributed by atoms with Crippen LogP contribution in [0.5, 0.6) is 0 Å². The molecule has 3 N–H and O–H groups in total. The van der Waals surface area contributed by atoms with Crippen LogP contribution in [0.2, 0.25) is 0 Å². The molecule has 2 heterocycles. The first-order valence-corrected chi connectivity index (χ1v) is 5.73. The maximum atomic E-state index is 11.1. The second-order valence-corrected chi connectivity index (χ2v) is 3.72. The van der Waals surface area contributed by atoms with Crippen LogP contribution in [0, 0.1) is 0 Å². The van der Waals surface area contributed by atoms with Gasteiger partial charge in [0.1, 0.15) is 0 Å². The Morgan fingerprint density at radius 2 is 1.47 bits per heavy atom. The molecule has 19 heavy (non-hydrogen) atoms. The molecule has 0 unspecified atom stereocenters. The van der Waals surface area contributed by atoms with Crippen LogP contribution in [0.3, 0.4) is 0 Å². The van der Waals surface area contributed by atoms with Gasteiger partial charge in [-0.1, -0.05) is 24.3 Å². The molecule has 3 rings (SSSR count). The second kappa shape index (κ2) is 6.20. The van der Waals surface area contributed by atoms with Crippen molar-refractivity contribution in [1.82, 2.24) is 15.3 Å². The van der Waals surface area contributed by atoms with Gasteiger partial charge < -0.3 is 10.3 Å². The van der Waals surface area contributed by atoms with Crippen molar-refractivity contribution in [2.24, 2.45) is 0 Å². The van der Waals surface area contributed by atoms with E-state index in [1.54, 1.807) is 24.3 Å². The molecule has 0 amide bonds. The molecule has 1 aromatic carbocycles. The third-order valence-electron chi connectivity index (χ3n) is 2.37. The molecule has 0 fully saturated rings. The molecule has 1 aliphatic heterocycles. The monoisotopic (exact) mass is 255 g/mol. The van der Waals surface area contributed by atoms with Crippen LogP contribution < -0.4 is 16.6 Å². The summed E-state index contributed by atoms with van der Waals surface area (Å²) in [5.74, 6) is 0. The van der Waals surface area contributed by atoms with Crippen LogP contribution in [-0.4, -0.2) is 9.97 Å². The van der Waals surface area contributed by atoms with E-state index in [9.17, 15) is 9.59 Å². The minimum atomic E-state index is -0.473. The molecular formula is C14H13N3O2. The van der Waals surface area contributed by atoms with Gasteiger partial charge in [-0.15, -0.1) is 0 Å². The fourth-order valence-corrected chi connectivity index (χ4v) is 1.52. The minimum Gasteiger partial charge on any atom is -0.368 e. The number of rotatable bonds is 0. The molecule has 0 spiro atoms. The van der Waals surface area contributed by atoms with Gasteiger partial charge in [-0.2, -0.15) is 0 Å². The summed E-state index contributed by atoms with van der Waals surface area (Å²) in [6.45, 7) is 0. The molecule has 0 bridgehead atoms. The smallest absolute Gasteiger partial charge is 0.326 e. The van der Waals surface area contributed by atoms with E-state index in [0.29, 0.717) is 10.9 Å². The van der Waals surface area contributed by atoms with Gasteiger partial charge in [-0.3, -0.25) is 9.78 Å². The summed E-state index contributed by atoms with van der Waals surface area (Å²) in [7, 11) is 0. The molecule has 96 valence electrons. The van der Waals surface area contributed by atoms with Gasteiger partial charge in [0.15, 0.2) is 0 Å². The van der Waals surface area contributed by atoms with Gasteiger partial charge in [0.05, 0.1) is 10.9 Å². The fraction of sp³-hybridized carbons (Fsp3) is 0. The Labute approximate surface area is 109 Å². The highest BCUT2D eigenvalue weighted by Crippen LogP contribution is 2.01. The zero-order valence-electron chi connectivity index (χ0n) is 10.1.